The van der Waals surface area contributed by atoms with Crippen molar-refractivity contribution < 1.29 is 37.1 Å². The highest BCUT2D eigenvalue weighted by Gasteiger charge is 2.37. The Morgan fingerprint density at radius 2 is 0.836 bits per heavy atom. The molecule has 9 aromatic carbocycles. The quantitative estimate of drug-likeness (QED) is 0.0208. The summed E-state index contributed by atoms with van der Waals surface area (Å²) < 4.78 is 49.5. The molecule has 25 heteroatoms. The second-order valence-corrected chi connectivity index (χ2v) is 30.4. The molecule has 15 rings (SSSR count). The zero-order valence-corrected chi connectivity index (χ0v) is 65.0. The monoisotopic (exact) mass is 1560 g/mol. The van der Waals surface area contributed by atoms with E-state index in [1.165, 1.54) is 72.2 Å². The maximum Gasteiger partial charge on any atom is 0.274 e. The number of hydrogen-bond acceptors (Lipinski definition) is 14. The first kappa shape index (κ1) is 81.5. The third kappa shape index (κ3) is 19.6. The van der Waals surface area contributed by atoms with Crippen molar-refractivity contribution in [3.8, 4) is 17.1 Å². The van der Waals surface area contributed by atoms with Crippen molar-refractivity contribution in [2.24, 2.45) is 57.9 Å². The minimum absolute atomic E-state index is 0.0126. The number of benzene rings is 9. The van der Waals surface area contributed by atoms with Crippen molar-refractivity contribution >= 4 is 46.6 Å². The van der Waals surface area contributed by atoms with Crippen LogP contribution in [0.3, 0.4) is 0 Å². The van der Waals surface area contributed by atoms with Crippen LogP contribution in [0.4, 0.5) is 30.2 Å². The van der Waals surface area contributed by atoms with Crippen LogP contribution in [-0.2, 0) is 30.7 Å². The molecule has 3 aromatic heterocycles. The number of nitrogens with two attached hydrogens (primary N) is 7. The highest BCUT2D eigenvalue weighted by molar-refractivity contribution is 6.06. The zero-order chi connectivity index (χ0) is 82.0. The van der Waals surface area contributed by atoms with Crippen LogP contribution < -0.4 is 61.4 Å². The molecule has 596 valence electrons. The molecule has 3 aliphatic rings. The highest BCUT2D eigenvalue weighted by Crippen LogP contribution is 2.43. The Bertz CT molecular complexity index is 5580. The number of aryl methyl sites for hydroxylation is 3. The van der Waals surface area contributed by atoms with Gasteiger partial charge in [0.05, 0.1) is 62.6 Å². The van der Waals surface area contributed by atoms with E-state index in [2.05, 4.69) is 42.6 Å². The second-order valence-electron chi connectivity index (χ2n) is 30.4. The van der Waals surface area contributed by atoms with Gasteiger partial charge in [-0.25, -0.2) is 27.2 Å². The van der Waals surface area contributed by atoms with Crippen molar-refractivity contribution in [1.82, 2.24) is 34.7 Å². The first-order chi connectivity index (χ1) is 55.9. The van der Waals surface area contributed by atoms with Crippen molar-refractivity contribution in [2.45, 2.75) is 122 Å². The van der Waals surface area contributed by atoms with Gasteiger partial charge in [0.15, 0.2) is 5.69 Å². The van der Waals surface area contributed by atoms with Crippen molar-refractivity contribution in [3.05, 3.63) is 337 Å². The van der Waals surface area contributed by atoms with E-state index in [0.717, 1.165) is 75.9 Å². The number of aromatic nitrogens is 6. The lowest BCUT2D eigenvalue weighted by Crippen LogP contribution is -2.38. The number of carbonyl (C=O) groups excluding carboxylic acids is 5. The molecule has 3 saturated carbocycles. The minimum Gasteiger partial charge on any atom is -0.366 e. The third-order valence-corrected chi connectivity index (χ3v) is 21.5. The molecular weight excluding hydrogens is 1470 g/mol. The largest absolute Gasteiger partial charge is 0.366 e. The van der Waals surface area contributed by atoms with Crippen LogP contribution in [0.25, 0.3) is 17.1 Å². The topological polar surface area (TPSA) is 369 Å². The summed E-state index contributed by atoms with van der Waals surface area (Å²) in [4.78, 5) is 63.7. The van der Waals surface area contributed by atoms with Crippen molar-refractivity contribution in [3.63, 3.8) is 0 Å². The fraction of sp³-hybridized carbons (Fsp3) is 0.253. The number of hydrogen-bond donors (Lipinski definition) is 11. The predicted octanol–water partition coefficient (Wildman–Crippen LogP) is 14.2. The number of carbonyl (C=O) groups is 5. The Kier molecular flexibility index (Phi) is 25.2. The molecule has 22 nitrogen and oxygen atoms in total. The number of anilines is 3. The average Bonchev–Trinajstić information content (AvgIpc) is 1.31. The summed E-state index contributed by atoms with van der Waals surface area (Å²) in [7, 11) is 0. The fourth-order valence-electron chi connectivity index (χ4n) is 14.3. The summed E-state index contributed by atoms with van der Waals surface area (Å²) in [6.45, 7) is 7.50. The van der Waals surface area contributed by atoms with Crippen LogP contribution in [0.15, 0.2) is 224 Å². The lowest BCUT2D eigenvalue weighted by molar-refractivity contribution is 0.0988. The zero-order valence-electron chi connectivity index (χ0n) is 65.0. The SMILES string of the molecule is Cc1cc(C(=O)Nc2cc(C(N)(CCC3CC3)c3ccc(C(N)=O)cc3)ccc2F)n(-c2cccc(CN)c2)n1.Cc1cccc(C(N)(CCC2CC2)c2ccc(F)c(NC(=O)c3cc(C)nn3-c3cccc(CN)c3)c2)c1.NCc1cccc(-n2nc(C(N)=O)cc2C(=O)Nc2cc(C(NCC3CC3)c3ccccc3)ccc2F)c1. The average molecular weight is 1560 g/mol. The van der Waals surface area contributed by atoms with Gasteiger partial charge in [0.1, 0.15) is 34.5 Å². The van der Waals surface area contributed by atoms with E-state index in [9.17, 15) is 28.4 Å². The van der Waals surface area contributed by atoms with Crippen LogP contribution in [0.5, 0.6) is 0 Å². The molecule has 0 aliphatic heterocycles. The van der Waals surface area contributed by atoms with Gasteiger partial charge in [0, 0.05) is 31.3 Å². The normalized spacial score (nSPS) is 14.3. The van der Waals surface area contributed by atoms with Gasteiger partial charge in [0.2, 0.25) is 5.91 Å². The summed E-state index contributed by atoms with van der Waals surface area (Å²) in [6.07, 6.45) is 10.5. The molecule has 3 fully saturated rings. The van der Waals surface area contributed by atoms with Gasteiger partial charge >= 0.3 is 0 Å². The second kappa shape index (κ2) is 35.9. The molecule has 3 atom stereocenters. The molecule has 3 aliphatic carbocycles. The van der Waals surface area contributed by atoms with E-state index in [-0.39, 0.29) is 46.7 Å². The molecule has 0 radical (unpaired) electrons. The molecule has 0 bridgehead atoms. The molecule has 3 unspecified atom stereocenters. The maximum atomic E-state index is 15.1. The molecular formula is C91H96F3N17O5. The summed E-state index contributed by atoms with van der Waals surface area (Å²) in [6, 6.07) is 65.4. The number of amides is 5. The smallest absolute Gasteiger partial charge is 0.274 e. The Labute approximate surface area is 671 Å². The highest BCUT2D eigenvalue weighted by atomic mass is 19.1. The van der Waals surface area contributed by atoms with Crippen molar-refractivity contribution in [1.29, 1.82) is 0 Å². The van der Waals surface area contributed by atoms with Gasteiger partial charge in [0.25, 0.3) is 23.6 Å². The summed E-state index contributed by atoms with van der Waals surface area (Å²) in [5.74, 6) is -2.64. The van der Waals surface area contributed by atoms with E-state index in [1.54, 1.807) is 103 Å². The number of rotatable bonds is 29. The van der Waals surface area contributed by atoms with E-state index in [1.807, 2.05) is 117 Å². The number of halogens is 3. The van der Waals surface area contributed by atoms with Gasteiger partial charge in [-0.05, 0) is 231 Å². The van der Waals surface area contributed by atoms with Gasteiger partial charge < -0.3 is 61.4 Å². The van der Waals surface area contributed by atoms with E-state index < -0.39 is 58.1 Å². The molecule has 0 spiro atoms. The molecule has 18 N–H and O–H groups in total. The number of primary amides is 2. The van der Waals surface area contributed by atoms with Crippen LogP contribution in [0.2, 0.25) is 0 Å². The summed E-state index contributed by atoms with van der Waals surface area (Å²) in [5, 5.41) is 24.9. The van der Waals surface area contributed by atoms with E-state index >= 15 is 8.78 Å². The Hall–Kier alpha value is -12.5. The van der Waals surface area contributed by atoms with Crippen LogP contribution in [0, 0.1) is 56.0 Å². The minimum atomic E-state index is -0.965. The molecule has 5 amide bonds. The molecule has 116 heavy (non-hydrogen) atoms. The van der Waals surface area contributed by atoms with Gasteiger partial charge in [-0.1, -0.05) is 153 Å². The van der Waals surface area contributed by atoms with Crippen LogP contribution in [0.1, 0.15) is 190 Å². The lowest BCUT2D eigenvalue weighted by atomic mass is 9.79. The number of nitrogens with one attached hydrogen (secondary N) is 4. The fourth-order valence-corrected chi connectivity index (χ4v) is 14.3. The van der Waals surface area contributed by atoms with Gasteiger partial charge in [-0.3, -0.25) is 24.0 Å². The Morgan fingerprint density at radius 1 is 0.422 bits per heavy atom. The first-order valence-electron chi connectivity index (χ1n) is 39.0. The number of nitrogens with zero attached hydrogens (tertiary/aromatic N) is 6. The Morgan fingerprint density at radius 3 is 1.28 bits per heavy atom. The van der Waals surface area contributed by atoms with Gasteiger partial charge in [-0.15, -0.1) is 0 Å². The summed E-state index contributed by atoms with van der Waals surface area (Å²) >= 11 is 0. The summed E-state index contributed by atoms with van der Waals surface area (Å²) in [5.41, 5.74) is 53.6. The standard InChI is InChI=1S/C31H33FN6O2.C31H34FN5O.C29H29FN6O2/c1-19-15-28(38(37-19)25-4-2-3-21(16-25)18-33)30(40)36-27-17-24(11-12-26(27)32)31(35,14-13-20-5-6-20)23-9-7-22(8-10-23)29(34)39;1-20-5-3-7-24(15-20)31(34,14-13-22-9-10-22)25-11-12-27(32)28(18-25)35-30(38)29-16-21(2)36-37(29)26-8-4-6-23(17-26)19-33;30-23-12-11-21(27(33-17-18-9-10-18)20-6-2-1-3-7-20)14-24(23)34-29(38)26-15-25(28(32)37)35-36(26)22-8-4-5-19(13-22)16-31/h2-4,7-12,15-17,20H,5-6,13-14,18,33,35H2,1H3,(H2,34,39)(H,36,40);3-8,11-12,15-18,22H,9-10,13-14,19,33-34H2,1-2H3,(H,35,38);1-8,11-15,18,27,33H,9-10,16-17,31H2,(H2,32,37)(H,34,38). The van der Waals surface area contributed by atoms with Crippen LogP contribution >= 0.6 is 0 Å². The van der Waals surface area contributed by atoms with E-state index in [0.29, 0.717) is 82.5 Å². The van der Waals surface area contributed by atoms with Crippen LogP contribution in [-0.4, -0.2) is 65.4 Å². The molecule has 0 saturated heterocycles. The molecule has 3 heterocycles. The van der Waals surface area contributed by atoms with E-state index in [4.69, 9.17) is 40.1 Å². The first-order valence-corrected chi connectivity index (χ1v) is 39.0. The Balaban J connectivity index is 0.000000151. The van der Waals surface area contributed by atoms with Gasteiger partial charge in [-0.2, -0.15) is 15.3 Å². The van der Waals surface area contributed by atoms with Crippen molar-refractivity contribution in [2.75, 3.05) is 22.5 Å². The lowest BCUT2D eigenvalue weighted by Gasteiger charge is -2.32. The third-order valence-electron chi connectivity index (χ3n) is 21.5. The molecule has 12 aromatic rings. The predicted molar refractivity (Wildman–Crippen MR) is 444 cm³/mol. The maximum absolute atomic E-state index is 15.1.